The predicted octanol–water partition coefficient (Wildman–Crippen LogP) is -1.34. The van der Waals surface area contributed by atoms with Crippen molar-refractivity contribution in [2.24, 2.45) is 0 Å². The maximum atomic E-state index is 10.3. The molecule has 104 valence electrons. The van der Waals surface area contributed by atoms with Crippen molar-refractivity contribution in [3.8, 4) is 0 Å². The molecule has 0 aromatic rings. The Morgan fingerprint density at radius 3 is 1.50 bits per heavy atom. The van der Waals surface area contributed by atoms with Gasteiger partial charge in [-0.15, -0.1) is 0 Å². The van der Waals surface area contributed by atoms with E-state index < -0.39 is 43.8 Å². The number of hydrogen-bond donors (Lipinski definition) is 3. The molecule has 0 rings (SSSR count). The molecule has 0 aromatic carbocycles. The number of hydrogen-bond acceptors (Lipinski definition) is 6. The molecule has 0 radical (unpaired) electrons. The molecule has 3 N–H and O–H groups in total. The quantitative estimate of drug-likeness (QED) is 0.414. The highest BCUT2D eigenvalue weighted by Crippen LogP contribution is 1.96. The predicted molar refractivity (Wildman–Crippen MR) is 54.3 cm³/mol. The largest absolute Gasteiger partial charge is 0.480 e. The van der Waals surface area contributed by atoms with Crippen LogP contribution in [0.1, 0.15) is 0 Å². The zero-order valence-corrected chi connectivity index (χ0v) is 9.40. The fourth-order valence-corrected chi connectivity index (χ4v) is 0.889. The molecular formula is C9H14O9. The van der Waals surface area contributed by atoms with Crippen molar-refractivity contribution >= 4 is 17.9 Å². The molecule has 9 nitrogen and oxygen atoms in total. The number of ether oxygens (including phenoxy) is 3. The Labute approximate surface area is 102 Å². The summed E-state index contributed by atoms with van der Waals surface area (Å²) in [6, 6.07) is 0. The third-order valence-electron chi connectivity index (χ3n) is 1.50. The Hall–Kier alpha value is -1.71. The van der Waals surface area contributed by atoms with Crippen molar-refractivity contribution in [1.29, 1.82) is 0 Å². The lowest BCUT2D eigenvalue weighted by Crippen LogP contribution is -2.30. The van der Waals surface area contributed by atoms with E-state index in [0.29, 0.717) is 0 Å². The Balaban J connectivity index is 3.94. The molecule has 9 heteroatoms. The standard InChI is InChI=1S/C9H14O9/c10-7(11)3-16-1-6(18-5-9(14)15)2-17-4-8(12)13/h6H,1-5H2,(H,10,11)(H,12,13)(H,14,15). The Morgan fingerprint density at radius 1 is 0.778 bits per heavy atom. The molecule has 0 aliphatic heterocycles. The van der Waals surface area contributed by atoms with Crippen molar-refractivity contribution in [3.05, 3.63) is 0 Å². The van der Waals surface area contributed by atoms with Gasteiger partial charge in [0.25, 0.3) is 0 Å². The zero-order chi connectivity index (χ0) is 14.0. The summed E-state index contributed by atoms with van der Waals surface area (Å²) >= 11 is 0. The van der Waals surface area contributed by atoms with Crippen LogP contribution in [-0.2, 0) is 28.6 Å². The second-order valence-corrected chi connectivity index (χ2v) is 3.14. The molecule has 0 atom stereocenters. The van der Waals surface area contributed by atoms with Crippen LogP contribution in [0.25, 0.3) is 0 Å². The van der Waals surface area contributed by atoms with Crippen LogP contribution in [0, 0.1) is 0 Å². The smallest absolute Gasteiger partial charge is 0.329 e. The first-order valence-corrected chi connectivity index (χ1v) is 4.84. The summed E-state index contributed by atoms with van der Waals surface area (Å²) in [5, 5.41) is 25.0. The third-order valence-corrected chi connectivity index (χ3v) is 1.50. The second-order valence-electron chi connectivity index (χ2n) is 3.14. The van der Waals surface area contributed by atoms with Gasteiger partial charge in [-0.05, 0) is 0 Å². The van der Waals surface area contributed by atoms with Gasteiger partial charge >= 0.3 is 17.9 Å². The highest BCUT2D eigenvalue weighted by atomic mass is 16.6. The fraction of sp³-hybridized carbons (Fsp3) is 0.667. The van der Waals surface area contributed by atoms with E-state index in [1.54, 1.807) is 0 Å². The summed E-state index contributed by atoms with van der Waals surface area (Å²) in [7, 11) is 0. The minimum absolute atomic E-state index is 0.209. The van der Waals surface area contributed by atoms with Gasteiger partial charge in [0.2, 0.25) is 0 Å². The van der Waals surface area contributed by atoms with Crippen molar-refractivity contribution in [1.82, 2.24) is 0 Å². The first kappa shape index (κ1) is 16.3. The van der Waals surface area contributed by atoms with E-state index in [2.05, 4.69) is 0 Å². The van der Waals surface area contributed by atoms with E-state index in [1.165, 1.54) is 0 Å². The number of carboxylic acids is 3. The monoisotopic (exact) mass is 266 g/mol. The van der Waals surface area contributed by atoms with E-state index in [1.807, 2.05) is 0 Å². The van der Waals surface area contributed by atoms with Gasteiger partial charge in [0.1, 0.15) is 25.9 Å². The average molecular weight is 266 g/mol. The SMILES string of the molecule is O=C(O)COCC(COCC(=O)O)OCC(=O)O. The molecule has 0 bridgehead atoms. The average Bonchev–Trinajstić information content (AvgIpc) is 2.24. The van der Waals surface area contributed by atoms with Gasteiger partial charge in [-0.3, -0.25) is 0 Å². The van der Waals surface area contributed by atoms with E-state index in [0.717, 1.165) is 0 Å². The first-order chi connectivity index (χ1) is 8.41. The number of carboxylic acid groups (broad SMARTS) is 3. The maximum absolute atomic E-state index is 10.3. The summed E-state index contributed by atoms with van der Waals surface area (Å²) in [4.78, 5) is 30.6. The van der Waals surface area contributed by atoms with Crippen molar-refractivity contribution in [3.63, 3.8) is 0 Å². The number of carbonyl (C=O) groups is 3. The molecule has 0 heterocycles. The van der Waals surface area contributed by atoms with E-state index in [-0.39, 0.29) is 13.2 Å². The number of rotatable bonds is 11. The van der Waals surface area contributed by atoms with Gasteiger partial charge in [0.15, 0.2) is 0 Å². The van der Waals surface area contributed by atoms with E-state index in [9.17, 15) is 14.4 Å². The van der Waals surface area contributed by atoms with Crippen LogP contribution >= 0.6 is 0 Å². The topological polar surface area (TPSA) is 140 Å². The van der Waals surface area contributed by atoms with Crippen LogP contribution in [0.3, 0.4) is 0 Å². The van der Waals surface area contributed by atoms with Crippen molar-refractivity contribution in [2.75, 3.05) is 33.0 Å². The summed E-state index contributed by atoms with van der Waals surface area (Å²) in [5.74, 6) is -3.58. The minimum Gasteiger partial charge on any atom is -0.480 e. The molecule has 0 spiro atoms. The van der Waals surface area contributed by atoms with E-state index in [4.69, 9.17) is 29.5 Å². The first-order valence-electron chi connectivity index (χ1n) is 4.84. The van der Waals surface area contributed by atoms with Crippen LogP contribution in [0.5, 0.6) is 0 Å². The van der Waals surface area contributed by atoms with Crippen molar-refractivity contribution < 1.29 is 43.9 Å². The normalized spacial score (nSPS) is 10.5. The maximum Gasteiger partial charge on any atom is 0.329 e. The highest BCUT2D eigenvalue weighted by molar-refractivity contribution is 5.68. The molecule has 0 unspecified atom stereocenters. The molecule has 0 aliphatic rings. The summed E-state index contributed by atoms with van der Waals surface area (Å²) in [6.07, 6.45) is -0.847. The second kappa shape index (κ2) is 9.33. The summed E-state index contributed by atoms with van der Waals surface area (Å²) in [5.41, 5.74) is 0. The Kier molecular flexibility index (Phi) is 8.45. The zero-order valence-electron chi connectivity index (χ0n) is 9.40. The van der Waals surface area contributed by atoms with Crippen LogP contribution < -0.4 is 0 Å². The minimum atomic E-state index is -1.21. The summed E-state index contributed by atoms with van der Waals surface area (Å²) < 4.78 is 14.2. The van der Waals surface area contributed by atoms with Gasteiger partial charge in [-0.25, -0.2) is 14.4 Å². The van der Waals surface area contributed by atoms with Gasteiger partial charge in [-0.1, -0.05) is 0 Å². The van der Waals surface area contributed by atoms with Crippen LogP contribution in [0.4, 0.5) is 0 Å². The molecule has 0 aliphatic carbocycles. The molecule has 0 fully saturated rings. The lowest BCUT2D eigenvalue weighted by Gasteiger charge is -2.16. The molecule has 0 aromatic heterocycles. The van der Waals surface area contributed by atoms with Crippen LogP contribution in [-0.4, -0.2) is 72.4 Å². The fourth-order valence-electron chi connectivity index (χ4n) is 0.889. The van der Waals surface area contributed by atoms with Gasteiger partial charge in [0.05, 0.1) is 13.2 Å². The Morgan fingerprint density at radius 2 is 1.17 bits per heavy atom. The number of aliphatic carboxylic acids is 3. The lowest BCUT2D eigenvalue weighted by atomic mass is 10.4. The molecular weight excluding hydrogens is 252 g/mol. The molecule has 0 amide bonds. The summed E-state index contributed by atoms with van der Waals surface area (Å²) in [6.45, 7) is -2.16. The molecule has 0 saturated carbocycles. The molecule has 18 heavy (non-hydrogen) atoms. The van der Waals surface area contributed by atoms with Crippen LogP contribution in [0.15, 0.2) is 0 Å². The van der Waals surface area contributed by atoms with Crippen molar-refractivity contribution in [2.45, 2.75) is 6.10 Å². The highest BCUT2D eigenvalue weighted by Gasteiger charge is 2.13. The van der Waals surface area contributed by atoms with E-state index >= 15 is 0 Å². The molecule has 0 saturated heterocycles. The van der Waals surface area contributed by atoms with Gasteiger partial charge in [-0.2, -0.15) is 0 Å². The van der Waals surface area contributed by atoms with Crippen LogP contribution in [0.2, 0.25) is 0 Å². The third kappa shape index (κ3) is 10.8. The Bertz CT molecular complexity index is 268. The van der Waals surface area contributed by atoms with Gasteiger partial charge < -0.3 is 29.5 Å². The lowest BCUT2D eigenvalue weighted by molar-refractivity contribution is -0.154. The van der Waals surface area contributed by atoms with Gasteiger partial charge in [0, 0.05) is 0 Å².